The molecule has 2 amide bonds. The average Bonchev–Trinajstić information content (AvgIpc) is 3.18. The van der Waals surface area contributed by atoms with Gasteiger partial charge in [-0.25, -0.2) is 9.48 Å². The van der Waals surface area contributed by atoms with E-state index in [1.165, 1.54) is 0 Å². The Morgan fingerprint density at radius 2 is 1.66 bits per heavy atom. The minimum absolute atomic E-state index is 0.00602. The van der Waals surface area contributed by atoms with E-state index in [2.05, 4.69) is 15.7 Å². The van der Waals surface area contributed by atoms with Crippen LogP contribution in [0.25, 0.3) is 5.69 Å². The van der Waals surface area contributed by atoms with E-state index >= 15 is 0 Å². The van der Waals surface area contributed by atoms with E-state index in [0.29, 0.717) is 28.4 Å². The van der Waals surface area contributed by atoms with Crippen LogP contribution in [-0.2, 0) is 23.9 Å². The van der Waals surface area contributed by atoms with Gasteiger partial charge in [0.2, 0.25) is 5.91 Å². The Bertz CT molecular complexity index is 1140. The molecule has 2 aromatic rings. The molecule has 208 valence electrons. The number of methoxy groups -OCH3 is 1. The maximum absolute atomic E-state index is 13.4. The summed E-state index contributed by atoms with van der Waals surface area (Å²) in [5, 5.41) is 9.95. The number of nitrogens with one attached hydrogen (secondary N) is 2. The van der Waals surface area contributed by atoms with Crippen molar-refractivity contribution in [3.8, 4) is 11.4 Å². The summed E-state index contributed by atoms with van der Waals surface area (Å²) >= 11 is 0. The quantitative estimate of drug-likeness (QED) is 0.377. The molecule has 0 saturated heterocycles. The summed E-state index contributed by atoms with van der Waals surface area (Å²) in [6.07, 6.45) is -0.0666. The van der Waals surface area contributed by atoms with Gasteiger partial charge in [-0.2, -0.15) is 5.10 Å². The number of aryl methyl sites for hydroxylation is 1. The fraction of sp³-hybridized carbons (Fsp3) is 0.519. The van der Waals surface area contributed by atoms with Gasteiger partial charge in [-0.15, -0.1) is 0 Å². The summed E-state index contributed by atoms with van der Waals surface area (Å²) in [7, 11) is 1.56. The number of ether oxygens (including phenoxy) is 3. The van der Waals surface area contributed by atoms with E-state index in [1.54, 1.807) is 59.4 Å². The number of amides is 2. The van der Waals surface area contributed by atoms with Gasteiger partial charge in [0.1, 0.15) is 23.5 Å². The fourth-order valence-corrected chi connectivity index (χ4v) is 4.01. The van der Waals surface area contributed by atoms with E-state index in [-0.39, 0.29) is 32.0 Å². The van der Waals surface area contributed by atoms with Gasteiger partial charge in [-0.05, 0) is 52.2 Å². The largest absolute Gasteiger partial charge is 0.494 e. The molecule has 0 aliphatic heterocycles. The molecule has 2 atom stereocenters. The second-order valence-corrected chi connectivity index (χ2v) is 8.98. The molecule has 38 heavy (non-hydrogen) atoms. The van der Waals surface area contributed by atoms with Crippen LogP contribution in [0.4, 0.5) is 0 Å². The third-order valence-electron chi connectivity index (χ3n) is 5.90. The summed E-state index contributed by atoms with van der Waals surface area (Å²) in [5.74, 6) is -1.91. The van der Waals surface area contributed by atoms with Crippen LogP contribution in [0.3, 0.4) is 0 Å². The van der Waals surface area contributed by atoms with Crippen LogP contribution in [0.5, 0.6) is 5.75 Å². The van der Waals surface area contributed by atoms with Crippen molar-refractivity contribution in [1.29, 1.82) is 0 Å². The molecule has 2 rings (SSSR count). The summed E-state index contributed by atoms with van der Waals surface area (Å²) in [5.41, 5.74) is 2.06. The first kappa shape index (κ1) is 30.3. The molecule has 0 bridgehead atoms. The van der Waals surface area contributed by atoms with Gasteiger partial charge in [-0.3, -0.25) is 14.4 Å². The predicted octanol–water partition coefficient (Wildman–Crippen LogP) is 2.64. The third-order valence-corrected chi connectivity index (χ3v) is 5.90. The molecular formula is C27H38N4O7. The first-order chi connectivity index (χ1) is 18.0. The second kappa shape index (κ2) is 14.2. The number of rotatable bonds is 13. The van der Waals surface area contributed by atoms with Gasteiger partial charge in [0.05, 0.1) is 37.3 Å². The number of para-hydroxylation sites is 2. The van der Waals surface area contributed by atoms with E-state index < -0.39 is 35.8 Å². The molecule has 1 aromatic heterocycles. The van der Waals surface area contributed by atoms with Gasteiger partial charge in [0, 0.05) is 6.42 Å². The predicted molar refractivity (Wildman–Crippen MR) is 140 cm³/mol. The van der Waals surface area contributed by atoms with Crippen molar-refractivity contribution in [1.82, 2.24) is 20.4 Å². The molecular weight excluding hydrogens is 492 g/mol. The Morgan fingerprint density at radius 3 is 2.26 bits per heavy atom. The number of aromatic nitrogens is 2. The van der Waals surface area contributed by atoms with Crippen molar-refractivity contribution in [2.75, 3.05) is 20.3 Å². The molecule has 11 nitrogen and oxygen atoms in total. The Balaban J connectivity index is 2.26. The van der Waals surface area contributed by atoms with Crippen LogP contribution in [0.2, 0.25) is 0 Å². The molecule has 0 radical (unpaired) electrons. The highest BCUT2D eigenvalue weighted by Gasteiger charge is 2.31. The standard InChI is InChI=1S/C27H38N4O7/c1-8-37-22(32)15-14-19(27(35)38-9-2)28-26(34)24(16(3)4)29-25(33)23-17(5)30-31(18(23)6)20-12-10-11-13-21(20)36-7/h10-13,16,19,24H,8-9,14-15H2,1-7H3,(H,28,34)(H,29,33)/t19-,24+/m1/s1. The van der Waals surface area contributed by atoms with Crippen molar-refractivity contribution >= 4 is 23.8 Å². The van der Waals surface area contributed by atoms with Gasteiger partial charge in [0.25, 0.3) is 5.91 Å². The molecule has 11 heteroatoms. The Kier molecular flexibility index (Phi) is 11.3. The summed E-state index contributed by atoms with van der Waals surface area (Å²) in [4.78, 5) is 50.9. The highest BCUT2D eigenvalue weighted by molar-refractivity contribution is 6.00. The minimum atomic E-state index is -1.07. The first-order valence-corrected chi connectivity index (χ1v) is 12.7. The molecule has 0 aliphatic rings. The summed E-state index contributed by atoms with van der Waals surface area (Å²) < 4.78 is 17.0. The van der Waals surface area contributed by atoms with E-state index in [4.69, 9.17) is 14.2 Å². The molecule has 0 spiro atoms. The zero-order valence-corrected chi connectivity index (χ0v) is 23.1. The van der Waals surface area contributed by atoms with Gasteiger partial charge >= 0.3 is 11.9 Å². The van der Waals surface area contributed by atoms with Crippen molar-refractivity contribution in [3.05, 3.63) is 41.2 Å². The fourth-order valence-electron chi connectivity index (χ4n) is 4.01. The number of carbonyl (C=O) groups is 4. The van der Waals surface area contributed by atoms with Crippen molar-refractivity contribution in [2.24, 2.45) is 5.92 Å². The van der Waals surface area contributed by atoms with Gasteiger partial charge in [-0.1, -0.05) is 26.0 Å². The molecule has 1 aromatic carbocycles. The highest BCUT2D eigenvalue weighted by Crippen LogP contribution is 2.25. The molecule has 0 aliphatic carbocycles. The molecule has 0 unspecified atom stereocenters. The number of esters is 2. The van der Waals surface area contributed by atoms with Crippen molar-refractivity contribution in [3.63, 3.8) is 0 Å². The average molecular weight is 531 g/mol. The maximum Gasteiger partial charge on any atom is 0.328 e. The lowest BCUT2D eigenvalue weighted by Gasteiger charge is -2.25. The summed E-state index contributed by atoms with van der Waals surface area (Å²) in [6.45, 7) is 10.7. The van der Waals surface area contributed by atoms with Crippen LogP contribution in [-0.4, -0.2) is 65.9 Å². The second-order valence-electron chi connectivity index (χ2n) is 8.98. The zero-order valence-electron chi connectivity index (χ0n) is 23.1. The normalized spacial score (nSPS) is 12.4. The van der Waals surface area contributed by atoms with E-state index in [9.17, 15) is 19.2 Å². The zero-order chi connectivity index (χ0) is 28.4. The Hall–Kier alpha value is -3.89. The van der Waals surface area contributed by atoms with Crippen LogP contribution >= 0.6 is 0 Å². The van der Waals surface area contributed by atoms with Crippen LogP contribution in [0, 0.1) is 19.8 Å². The molecule has 1 heterocycles. The molecule has 0 saturated carbocycles. The van der Waals surface area contributed by atoms with Crippen molar-refractivity contribution < 1.29 is 33.4 Å². The third kappa shape index (κ3) is 7.56. The van der Waals surface area contributed by atoms with Crippen LogP contribution in [0.15, 0.2) is 24.3 Å². The topological polar surface area (TPSA) is 138 Å². The number of hydrogen-bond donors (Lipinski definition) is 2. The first-order valence-electron chi connectivity index (χ1n) is 12.7. The number of hydrogen-bond acceptors (Lipinski definition) is 8. The Labute approximate surface area is 223 Å². The van der Waals surface area contributed by atoms with Gasteiger partial charge < -0.3 is 24.8 Å². The maximum atomic E-state index is 13.4. The monoisotopic (exact) mass is 530 g/mol. The lowest BCUT2D eigenvalue weighted by Crippen LogP contribution is -2.54. The highest BCUT2D eigenvalue weighted by atomic mass is 16.5. The molecule has 0 fully saturated rings. The number of nitrogens with zero attached hydrogens (tertiary/aromatic N) is 2. The van der Waals surface area contributed by atoms with Crippen LogP contribution < -0.4 is 15.4 Å². The lowest BCUT2D eigenvalue weighted by molar-refractivity contribution is -0.149. The number of benzene rings is 1. The number of carbonyl (C=O) groups excluding carboxylic acids is 4. The van der Waals surface area contributed by atoms with E-state index in [1.807, 2.05) is 18.2 Å². The summed E-state index contributed by atoms with van der Waals surface area (Å²) in [6, 6.07) is 5.28. The van der Waals surface area contributed by atoms with Crippen molar-refractivity contribution in [2.45, 2.75) is 66.5 Å². The smallest absolute Gasteiger partial charge is 0.328 e. The lowest BCUT2D eigenvalue weighted by atomic mass is 10.0. The Morgan fingerprint density at radius 1 is 1.00 bits per heavy atom. The van der Waals surface area contributed by atoms with Gasteiger partial charge in [0.15, 0.2) is 0 Å². The van der Waals surface area contributed by atoms with E-state index in [0.717, 1.165) is 0 Å². The van der Waals surface area contributed by atoms with Crippen LogP contribution in [0.1, 0.15) is 62.3 Å². The molecule has 2 N–H and O–H groups in total. The SMILES string of the molecule is CCOC(=O)CC[C@@H](NC(=O)[C@@H](NC(=O)c1c(C)nn(-c2ccccc2OC)c1C)C(C)C)C(=O)OCC. The minimum Gasteiger partial charge on any atom is -0.494 e.